The van der Waals surface area contributed by atoms with E-state index in [-0.39, 0.29) is 11.8 Å². The van der Waals surface area contributed by atoms with E-state index in [1.807, 2.05) is 26.0 Å². The van der Waals surface area contributed by atoms with E-state index in [0.717, 1.165) is 3.57 Å². The molecular formula is C9H11IN2O. The molecule has 0 aliphatic carbocycles. The monoisotopic (exact) mass is 290 g/mol. The summed E-state index contributed by atoms with van der Waals surface area (Å²) >= 11 is 2.14. The summed E-state index contributed by atoms with van der Waals surface area (Å²) < 4.78 is 0.953. The summed E-state index contributed by atoms with van der Waals surface area (Å²) in [7, 11) is 0. The Bertz CT molecular complexity index is 312. The highest BCUT2D eigenvalue weighted by molar-refractivity contribution is 14.1. The number of aromatic nitrogens is 1. The Morgan fingerprint density at radius 2 is 2.31 bits per heavy atom. The Labute approximate surface area is 91.1 Å². The van der Waals surface area contributed by atoms with Gasteiger partial charge in [-0.15, -0.1) is 0 Å². The first kappa shape index (κ1) is 10.4. The van der Waals surface area contributed by atoms with Crippen LogP contribution in [0.3, 0.4) is 0 Å². The molecule has 4 heteroatoms. The van der Waals surface area contributed by atoms with Gasteiger partial charge in [-0.25, -0.2) is 4.98 Å². The van der Waals surface area contributed by atoms with Crippen molar-refractivity contribution in [3.05, 3.63) is 21.9 Å². The molecule has 0 saturated carbocycles. The molecule has 0 aliphatic heterocycles. The van der Waals surface area contributed by atoms with E-state index < -0.39 is 0 Å². The first-order valence-corrected chi connectivity index (χ1v) is 5.10. The number of rotatable bonds is 2. The Balaban J connectivity index is 2.75. The second kappa shape index (κ2) is 4.55. The largest absolute Gasteiger partial charge is 0.310 e. The number of nitrogens with one attached hydrogen (secondary N) is 1. The lowest BCUT2D eigenvalue weighted by Gasteiger charge is -2.07. The van der Waals surface area contributed by atoms with Crippen molar-refractivity contribution in [2.24, 2.45) is 5.92 Å². The van der Waals surface area contributed by atoms with Gasteiger partial charge in [-0.1, -0.05) is 13.8 Å². The van der Waals surface area contributed by atoms with E-state index in [2.05, 4.69) is 32.9 Å². The van der Waals surface area contributed by atoms with Crippen LogP contribution < -0.4 is 5.32 Å². The third-order valence-corrected chi connectivity index (χ3v) is 2.39. The van der Waals surface area contributed by atoms with Gasteiger partial charge in [0.15, 0.2) is 0 Å². The lowest BCUT2D eigenvalue weighted by atomic mass is 10.2. The summed E-state index contributed by atoms with van der Waals surface area (Å²) in [6, 6.07) is 3.75. The van der Waals surface area contributed by atoms with Crippen LogP contribution in [0.15, 0.2) is 18.3 Å². The highest BCUT2D eigenvalue weighted by atomic mass is 127. The summed E-state index contributed by atoms with van der Waals surface area (Å²) in [5.74, 6) is 0.622. The van der Waals surface area contributed by atoms with Crippen LogP contribution in [0, 0.1) is 9.49 Å². The minimum atomic E-state index is -0.0159. The zero-order valence-corrected chi connectivity index (χ0v) is 9.70. The van der Waals surface area contributed by atoms with Gasteiger partial charge in [0.1, 0.15) is 5.82 Å². The topological polar surface area (TPSA) is 42.0 Å². The van der Waals surface area contributed by atoms with E-state index in [4.69, 9.17) is 0 Å². The van der Waals surface area contributed by atoms with Crippen LogP contribution in [0.1, 0.15) is 13.8 Å². The number of carbonyl (C=O) groups excluding carboxylic acids is 1. The summed E-state index contributed by atoms with van der Waals surface area (Å²) in [5, 5.41) is 2.75. The lowest BCUT2D eigenvalue weighted by molar-refractivity contribution is -0.118. The van der Waals surface area contributed by atoms with Crippen molar-refractivity contribution in [2.75, 3.05) is 5.32 Å². The summed E-state index contributed by atoms with van der Waals surface area (Å²) in [5.41, 5.74) is 0. The van der Waals surface area contributed by atoms with E-state index in [0.29, 0.717) is 5.82 Å². The van der Waals surface area contributed by atoms with Crippen LogP contribution in [-0.4, -0.2) is 10.9 Å². The van der Waals surface area contributed by atoms with Gasteiger partial charge < -0.3 is 5.32 Å². The third kappa shape index (κ3) is 2.95. The first-order chi connectivity index (χ1) is 6.11. The molecule has 0 bridgehead atoms. The van der Waals surface area contributed by atoms with Crippen LogP contribution in [0.5, 0.6) is 0 Å². The molecule has 0 unspecified atom stereocenters. The van der Waals surface area contributed by atoms with Crippen molar-refractivity contribution in [3.63, 3.8) is 0 Å². The fraction of sp³-hybridized carbons (Fsp3) is 0.333. The third-order valence-electron chi connectivity index (χ3n) is 1.52. The second-order valence-electron chi connectivity index (χ2n) is 2.98. The Morgan fingerprint density at radius 3 is 2.85 bits per heavy atom. The fourth-order valence-electron chi connectivity index (χ4n) is 0.739. The number of pyridine rings is 1. The van der Waals surface area contributed by atoms with Gasteiger partial charge >= 0.3 is 0 Å². The minimum Gasteiger partial charge on any atom is -0.310 e. The van der Waals surface area contributed by atoms with Crippen LogP contribution in [0.2, 0.25) is 0 Å². The number of hydrogen-bond acceptors (Lipinski definition) is 2. The van der Waals surface area contributed by atoms with Gasteiger partial charge in [0.2, 0.25) is 5.91 Å². The second-order valence-corrected chi connectivity index (χ2v) is 4.14. The molecule has 1 aromatic heterocycles. The molecule has 1 rings (SSSR count). The molecule has 70 valence electrons. The number of hydrogen-bond donors (Lipinski definition) is 1. The molecule has 1 heterocycles. The van der Waals surface area contributed by atoms with Crippen LogP contribution >= 0.6 is 22.6 Å². The molecule has 1 aromatic rings. The molecule has 1 amide bonds. The van der Waals surface area contributed by atoms with Gasteiger partial charge in [-0.05, 0) is 34.7 Å². The van der Waals surface area contributed by atoms with Crippen LogP contribution in [-0.2, 0) is 4.79 Å². The average Bonchev–Trinajstić information content (AvgIpc) is 2.08. The molecule has 0 fully saturated rings. The normalized spacial score (nSPS) is 10.2. The van der Waals surface area contributed by atoms with Crippen molar-refractivity contribution in [1.29, 1.82) is 0 Å². The number of nitrogens with zero attached hydrogens (tertiary/aromatic N) is 1. The molecular weight excluding hydrogens is 279 g/mol. The van der Waals surface area contributed by atoms with Crippen molar-refractivity contribution in [1.82, 2.24) is 4.98 Å². The quantitative estimate of drug-likeness (QED) is 0.849. The van der Waals surface area contributed by atoms with Crippen molar-refractivity contribution in [3.8, 4) is 0 Å². The van der Waals surface area contributed by atoms with Crippen molar-refractivity contribution >= 4 is 34.3 Å². The van der Waals surface area contributed by atoms with Gasteiger partial charge in [-0.2, -0.15) is 0 Å². The number of halogens is 1. The van der Waals surface area contributed by atoms with Crippen molar-refractivity contribution in [2.45, 2.75) is 13.8 Å². The highest BCUT2D eigenvalue weighted by Crippen LogP contribution is 2.14. The molecule has 0 radical (unpaired) electrons. The zero-order chi connectivity index (χ0) is 9.84. The van der Waals surface area contributed by atoms with E-state index >= 15 is 0 Å². The van der Waals surface area contributed by atoms with E-state index in [9.17, 15) is 4.79 Å². The molecule has 0 aromatic carbocycles. The molecule has 3 nitrogen and oxygen atoms in total. The Hall–Kier alpha value is -0.650. The van der Waals surface area contributed by atoms with E-state index in [1.54, 1.807) is 6.20 Å². The Morgan fingerprint density at radius 1 is 1.62 bits per heavy atom. The van der Waals surface area contributed by atoms with Crippen molar-refractivity contribution < 1.29 is 4.79 Å². The Kier molecular flexibility index (Phi) is 3.65. The maximum atomic E-state index is 11.3. The SMILES string of the molecule is CC(C)C(=O)Nc1ncccc1I. The standard InChI is InChI=1S/C9H11IN2O/c1-6(2)9(13)12-8-7(10)4-3-5-11-8/h3-6H,1-2H3,(H,11,12,13). The molecule has 0 saturated heterocycles. The maximum absolute atomic E-state index is 11.3. The molecule has 1 N–H and O–H groups in total. The maximum Gasteiger partial charge on any atom is 0.228 e. The smallest absolute Gasteiger partial charge is 0.228 e. The zero-order valence-electron chi connectivity index (χ0n) is 7.54. The first-order valence-electron chi connectivity index (χ1n) is 4.02. The van der Waals surface area contributed by atoms with Gasteiger partial charge in [0.05, 0.1) is 3.57 Å². The predicted molar refractivity (Wildman–Crippen MR) is 60.4 cm³/mol. The molecule has 0 aliphatic rings. The van der Waals surface area contributed by atoms with Crippen LogP contribution in [0.25, 0.3) is 0 Å². The van der Waals surface area contributed by atoms with Gasteiger partial charge in [-0.3, -0.25) is 4.79 Å². The highest BCUT2D eigenvalue weighted by Gasteiger charge is 2.09. The van der Waals surface area contributed by atoms with Gasteiger partial charge in [0, 0.05) is 12.1 Å². The van der Waals surface area contributed by atoms with E-state index in [1.165, 1.54) is 0 Å². The molecule has 13 heavy (non-hydrogen) atoms. The predicted octanol–water partition coefficient (Wildman–Crippen LogP) is 2.28. The molecule has 0 spiro atoms. The number of anilines is 1. The summed E-state index contributed by atoms with van der Waals surface area (Å²) in [4.78, 5) is 15.4. The average molecular weight is 290 g/mol. The summed E-state index contributed by atoms with van der Waals surface area (Å²) in [6.45, 7) is 3.70. The minimum absolute atomic E-state index is 0.00313. The van der Waals surface area contributed by atoms with Gasteiger partial charge in [0.25, 0.3) is 0 Å². The lowest BCUT2D eigenvalue weighted by Crippen LogP contribution is -2.19. The summed E-state index contributed by atoms with van der Waals surface area (Å²) in [6.07, 6.45) is 1.66. The number of amides is 1. The van der Waals surface area contributed by atoms with Crippen LogP contribution in [0.4, 0.5) is 5.82 Å². The number of carbonyl (C=O) groups is 1. The molecule has 0 atom stereocenters. The fourth-order valence-corrected chi connectivity index (χ4v) is 1.22.